The molecule has 0 spiro atoms. The summed E-state index contributed by atoms with van der Waals surface area (Å²) >= 11 is 0. The van der Waals surface area contributed by atoms with Gasteiger partial charge in [0, 0.05) is 25.7 Å². The van der Waals surface area contributed by atoms with Crippen LogP contribution in [0.25, 0.3) is 0 Å². The highest BCUT2D eigenvalue weighted by atomic mass is 32.2. The molecule has 1 amide bonds. The molecule has 1 fully saturated rings. The van der Waals surface area contributed by atoms with Crippen LogP contribution in [0, 0.1) is 5.82 Å². The molecular weight excluding hydrogens is 379 g/mol. The minimum Gasteiger partial charge on any atom is -0.335 e. The molecule has 28 heavy (non-hydrogen) atoms. The Balaban J connectivity index is 1.75. The summed E-state index contributed by atoms with van der Waals surface area (Å²) in [5, 5.41) is 0. The van der Waals surface area contributed by atoms with E-state index in [2.05, 4.69) is 0 Å². The Morgan fingerprint density at radius 3 is 2.14 bits per heavy atom. The standard InChI is InChI=1S/C21H25FN2O3S/c1-16(17-6-10-19(22)11-7-17)23(2)21(25)18-8-12-20(13-9-18)28(26,27)24-14-4-3-5-15-24/h6-13,16H,3-5,14-15H2,1-2H3. The summed E-state index contributed by atoms with van der Waals surface area (Å²) < 4.78 is 40.1. The number of hydrogen-bond donors (Lipinski definition) is 0. The average molecular weight is 405 g/mol. The molecule has 0 N–H and O–H groups in total. The molecule has 0 bridgehead atoms. The molecule has 0 radical (unpaired) electrons. The van der Waals surface area contributed by atoms with E-state index in [0.29, 0.717) is 18.7 Å². The van der Waals surface area contributed by atoms with Crippen LogP contribution in [-0.2, 0) is 10.0 Å². The first-order valence-corrected chi connectivity index (χ1v) is 10.9. The molecule has 150 valence electrons. The Morgan fingerprint density at radius 2 is 1.57 bits per heavy atom. The normalized spacial score (nSPS) is 16.5. The van der Waals surface area contributed by atoms with Crippen molar-refractivity contribution in [1.82, 2.24) is 9.21 Å². The van der Waals surface area contributed by atoms with Crippen LogP contribution >= 0.6 is 0 Å². The van der Waals surface area contributed by atoms with Gasteiger partial charge in [0.2, 0.25) is 10.0 Å². The van der Waals surface area contributed by atoms with Crippen LogP contribution in [0.5, 0.6) is 0 Å². The van der Waals surface area contributed by atoms with Gasteiger partial charge in [-0.05, 0) is 61.7 Å². The van der Waals surface area contributed by atoms with Gasteiger partial charge in [0.15, 0.2) is 0 Å². The van der Waals surface area contributed by atoms with Gasteiger partial charge in [-0.2, -0.15) is 4.31 Å². The van der Waals surface area contributed by atoms with Crippen molar-refractivity contribution in [2.24, 2.45) is 0 Å². The summed E-state index contributed by atoms with van der Waals surface area (Å²) in [6.07, 6.45) is 2.81. The molecule has 1 atom stereocenters. The predicted molar refractivity (Wildman–Crippen MR) is 106 cm³/mol. The van der Waals surface area contributed by atoms with Gasteiger partial charge < -0.3 is 4.90 Å². The van der Waals surface area contributed by atoms with Gasteiger partial charge in [0.1, 0.15) is 5.82 Å². The molecule has 1 saturated heterocycles. The molecule has 2 aromatic carbocycles. The highest BCUT2D eigenvalue weighted by Crippen LogP contribution is 2.23. The Morgan fingerprint density at radius 1 is 1.00 bits per heavy atom. The van der Waals surface area contributed by atoms with Crippen LogP contribution in [0.2, 0.25) is 0 Å². The number of benzene rings is 2. The largest absolute Gasteiger partial charge is 0.335 e. The molecule has 1 aliphatic heterocycles. The quantitative estimate of drug-likeness (QED) is 0.761. The number of carbonyl (C=O) groups excluding carboxylic acids is 1. The van der Waals surface area contributed by atoms with Crippen LogP contribution in [0.3, 0.4) is 0 Å². The topological polar surface area (TPSA) is 57.7 Å². The van der Waals surface area contributed by atoms with E-state index in [-0.39, 0.29) is 22.7 Å². The van der Waals surface area contributed by atoms with Crippen LogP contribution in [0.15, 0.2) is 53.4 Å². The van der Waals surface area contributed by atoms with Crippen molar-refractivity contribution in [1.29, 1.82) is 0 Å². The SMILES string of the molecule is CC(c1ccc(F)cc1)N(C)C(=O)c1ccc(S(=O)(=O)N2CCCCC2)cc1. The predicted octanol–water partition coefficient (Wildman–Crippen LogP) is 3.83. The lowest BCUT2D eigenvalue weighted by molar-refractivity contribution is 0.0742. The molecule has 3 rings (SSSR count). The number of sulfonamides is 1. The van der Waals surface area contributed by atoms with E-state index in [1.165, 1.54) is 28.6 Å². The van der Waals surface area contributed by atoms with Crippen molar-refractivity contribution in [3.8, 4) is 0 Å². The van der Waals surface area contributed by atoms with Gasteiger partial charge >= 0.3 is 0 Å². The molecule has 7 heteroatoms. The van der Waals surface area contributed by atoms with E-state index in [1.54, 1.807) is 36.2 Å². The first kappa shape index (κ1) is 20.5. The summed E-state index contributed by atoms with van der Waals surface area (Å²) in [6, 6.07) is 11.9. The first-order chi connectivity index (χ1) is 13.3. The number of halogens is 1. The van der Waals surface area contributed by atoms with Gasteiger partial charge in [0.25, 0.3) is 5.91 Å². The second kappa shape index (κ2) is 8.41. The van der Waals surface area contributed by atoms with Gasteiger partial charge in [0.05, 0.1) is 10.9 Å². The van der Waals surface area contributed by atoms with Gasteiger partial charge in [-0.1, -0.05) is 18.6 Å². The van der Waals surface area contributed by atoms with E-state index in [0.717, 1.165) is 24.8 Å². The minimum atomic E-state index is -3.52. The number of piperidine rings is 1. The van der Waals surface area contributed by atoms with Crippen LogP contribution in [-0.4, -0.2) is 43.7 Å². The fraction of sp³-hybridized carbons (Fsp3) is 0.381. The van der Waals surface area contributed by atoms with E-state index in [4.69, 9.17) is 0 Å². The second-order valence-corrected chi connectivity index (χ2v) is 9.07. The third-order valence-corrected chi connectivity index (χ3v) is 7.22. The second-order valence-electron chi connectivity index (χ2n) is 7.13. The van der Waals surface area contributed by atoms with Crippen molar-refractivity contribution >= 4 is 15.9 Å². The number of hydrogen-bond acceptors (Lipinski definition) is 3. The van der Waals surface area contributed by atoms with Gasteiger partial charge in [-0.15, -0.1) is 0 Å². The number of nitrogens with zero attached hydrogens (tertiary/aromatic N) is 2. The molecule has 0 aromatic heterocycles. The lowest BCUT2D eigenvalue weighted by Gasteiger charge is -2.26. The molecule has 1 aliphatic rings. The lowest BCUT2D eigenvalue weighted by Crippen LogP contribution is -2.35. The molecule has 2 aromatic rings. The van der Waals surface area contributed by atoms with Crippen LogP contribution < -0.4 is 0 Å². The summed E-state index contributed by atoms with van der Waals surface area (Å²) in [7, 11) is -1.84. The van der Waals surface area contributed by atoms with Gasteiger partial charge in [-0.3, -0.25) is 4.79 Å². The molecule has 0 aliphatic carbocycles. The minimum absolute atomic E-state index is 0.209. The monoisotopic (exact) mass is 404 g/mol. The Labute approximate surface area is 165 Å². The van der Waals surface area contributed by atoms with E-state index >= 15 is 0 Å². The summed E-state index contributed by atoms with van der Waals surface area (Å²) in [5.41, 5.74) is 1.23. The Bertz CT molecular complexity index is 921. The molecule has 1 heterocycles. The maximum atomic E-state index is 13.1. The van der Waals surface area contributed by atoms with Crippen molar-refractivity contribution < 1.29 is 17.6 Å². The van der Waals surface area contributed by atoms with E-state index in [9.17, 15) is 17.6 Å². The van der Waals surface area contributed by atoms with Crippen molar-refractivity contribution in [2.75, 3.05) is 20.1 Å². The fourth-order valence-corrected chi connectivity index (χ4v) is 4.89. The molecule has 5 nitrogen and oxygen atoms in total. The number of rotatable bonds is 5. The summed E-state index contributed by atoms with van der Waals surface area (Å²) in [5.74, 6) is -0.547. The molecule has 1 unspecified atom stereocenters. The summed E-state index contributed by atoms with van der Waals surface area (Å²) in [4.78, 5) is 14.5. The maximum absolute atomic E-state index is 13.1. The van der Waals surface area contributed by atoms with Crippen LogP contribution in [0.1, 0.15) is 48.1 Å². The van der Waals surface area contributed by atoms with Crippen LogP contribution in [0.4, 0.5) is 4.39 Å². The highest BCUT2D eigenvalue weighted by Gasteiger charge is 2.26. The Hall–Kier alpha value is -2.25. The maximum Gasteiger partial charge on any atom is 0.254 e. The fourth-order valence-electron chi connectivity index (χ4n) is 3.37. The van der Waals surface area contributed by atoms with Crippen molar-refractivity contribution in [3.63, 3.8) is 0 Å². The zero-order valence-electron chi connectivity index (χ0n) is 16.1. The third-order valence-electron chi connectivity index (χ3n) is 5.31. The number of carbonyl (C=O) groups is 1. The van der Waals surface area contributed by atoms with Crippen molar-refractivity contribution in [2.45, 2.75) is 37.1 Å². The lowest BCUT2D eigenvalue weighted by atomic mass is 10.1. The zero-order chi connectivity index (χ0) is 20.3. The van der Waals surface area contributed by atoms with E-state index in [1.807, 2.05) is 6.92 Å². The molecule has 0 saturated carbocycles. The Kier molecular flexibility index (Phi) is 6.15. The summed E-state index contributed by atoms with van der Waals surface area (Å²) in [6.45, 7) is 2.95. The smallest absolute Gasteiger partial charge is 0.254 e. The van der Waals surface area contributed by atoms with E-state index < -0.39 is 10.0 Å². The zero-order valence-corrected chi connectivity index (χ0v) is 17.0. The first-order valence-electron chi connectivity index (χ1n) is 9.43. The van der Waals surface area contributed by atoms with Gasteiger partial charge in [-0.25, -0.2) is 12.8 Å². The third kappa shape index (κ3) is 4.25. The average Bonchev–Trinajstić information content (AvgIpc) is 2.73. The number of amides is 1. The highest BCUT2D eigenvalue weighted by molar-refractivity contribution is 7.89. The molecular formula is C21H25FN2O3S. The van der Waals surface area contributed by atoms with Crippen molar-refractivity contribution in [3.05, 3.63) is 65.5 Å².